The Balaban J connectivity index is 1.92. The van der Waals surface area contributed by atoms with Gasteiger partial charge in [0, 0.05) is 30.1 Å². The zero-order valence-electron chi connectivity index (χ0n) is 8.72. The second-order valence-electron chi connectivity index (χ2n) is 3.38. The molecule has 0 saturated heterocycles. The van der Waals surface area contributed by atoms with Crippen molar-refractivity contribution in [1.82, 2.24) is 15.0 Å². The number of nitrogens with zero attached hydrogens (tertiary/aromatic N) is 3. The monoisotopic (exact) mass is 298 g/mol. The van der Waals surface area contributed by atoms with Crippen LogP contribution in [0.5, 0.6) is 0 Å². The molecule has 0 aromatic carbocycles. The molecular weight excluding hydrogens is 288 g/mol. The lowest BCUT2D eigenvalue weighted by atomic mass is 10.2. The molecule has 0 aliphatic rings. The SMILES string of the molecule is CC(CNc1cc(Br)ncn1)c1nccs1. The summed E-state index contributed by atoms with van der Waals surface area (Å²) in [6.45, 7) is 2.96. The Morgan fingerprint density at radius 3 is 3.00 bits per heavy atom. The van der Waals surface area contributed by atoms with Crippen molar-refractivity contribution in [2.75, 3.05) is 11.9 Å². The van der Waals surface area contributed by atoms with E-state index in [1.165, 1.54) is 6.33 Å². The lowest BCUT2D eigenvalue weighted by molar-refractivity contribution is 0.791. The van der Waals surface area contributed by atoms with Crippen LogP contribution in [0.1, 0.15) is 17.8 Å². The van der Waals surface area contributed by atoms with Gasteiger partial charge in [0.05, 0.1) is 5.01 Å². The van der Waals surface area contributed by atoms with Crippen LogP contribution in [0.15, 0.2) is 28.6 Å². The Bertz CT molecular complexity index is 446. The Morgan fingerprint density at radius 1 is 1.44 bits per heavy atom. The topological polar surface area (TPSA) is 50.7 Å². The van der Waals surface area contributed by atoms with E-state index in [-0.39, 0.29) is 0 Å². The molecule has 0 aliphatic carbocycles. The minimum atomic E-state index is 0.383. The van der Waals surface area contributed by atoms with E-state index in [1.54, 1.807) is 11.3 Å². The van der Waals surface area contributed by atoms with Crippen LogP contribution in [0.25, 0.3) is 0 Å². The molecule has 1 atom stereocenters. The van der Waals surface area contributed by atoms with Gasteiger partial charge in [-0.2, -0.15) is 0 Å². The number of aromatic nitrogens is 3. The van der Waals surface area contributed by atoms with E-state index in [2.05, 4.69) is 43.1 Å². The second-order valence-corrected chi connectivity index (χ2v) is 5.12. The Hall–Kier alpha value is -1.01. The summed E-state index contributed by atoms with van der Waals surface area (Å²) in [5.74, 6) is 1.21. The van der Waals surface area contributed by atoms with Crippen molar-refractivity contribution in [3.8, 4) is 0 Å². The molecule has 2 heterocycles. The van der Waals surface area contributed by atoms with E-state index in [9.17, 15) is 0 Å². The van der Waals surface area contributed by atoms with Gasteiger partial charge in [0.25, 0.3) is 0 Å². The number of anilines is 1. The number of halogens is 1. The van der Waals surface area contributed by atoms with Gasteiger partial charge in [-0.25, -0.2) is 15.0 Å². The highest BCUT2D eigenvalue weighted by atomic mass is 79.9. The van der Waals surface area contributed by atoms with Crippen molar-refractivity contribution in [3.63, 3.8) is 0 Å². The number of hydrogen-bond acceptors (Lipinski definition) is 5. The standard InChI is InChI=1S/C10H11BrN4S/c1-7(10-12-2-3-16-10)5-13-9-4-8(11)14-6-15-9/h2-4,6-7H,5H2,1H3,(H,13,14,15). The van der Waals surface area contributed by atoms with Crippen LogP contribution >= 0.6 is 27.3 Å². The van der Waals surface area contributed by atoms with Gasteiger partial charge in [0.15, 0.2) is 0 Å². The molecule has 2 aromatic rings. The van der Waals surface area contributed by atoms with Gasteiger partial charge in [0.1, 0.15) is 16.7 Å². The number of rotatable bonds is 4. The first-order valence-electron chi connectivity index (χ1n) is 4.86. The molecule has 2 aromatic heterocycles. The Morgan fingerprint density at radius 2 is 2.31 bits per heavy atom. The van der Waals surface area contributed by atoms with Crippen molar-refractivity contribution in [1.29, 1.82) is 0 Å². The average Bonchev–Trinajstić information content (AvgIpc) is 2.79. The van der Waals surface area contributed by atoms with Crippen molar-refractivity contribution in [2.45, 2.75) is 12.8 Å². The van der Waals surface area contributed by atoms with Crippen molar-refractivity contribution in [2.24, 2.45) is 0 Å². The van der Waals surface area contributed by atoms with Gasteiger partial charge in [-0.3, -0.25) is 0 Å². The van der Waals surface area contributed by atoms with Gasteiger partial charge >= 0.3 is 0 Å². The largest absolute Gasteiger partial charge is 0.369 e. The van der Waals surface area contributed by atoms with Crippen LogP contribution in [0, 0.1) is 0 Å². The highest BCUT2D eigenvalue weighted by molar-refractivity contribution is 9.10. The summed E-state index contributed by atoms with van der Waals surface area (Å²) in [7, 11) is 0. The fraction of sp³-hybridized carbons (Fsp3) is 0.300. The molecule has 0 aliphatic heterocycles. The molecule has 0 saturated carbocycles. The van der Waals surface area contributed by atoms with Crippen molar-refractivity contribution >= 4 is 33.1 Å². The van der Waals surface area contributed by atoms with Crippen LogP contribution < -0.4 is 5.32 Å². The molecule has 0 fully saturated rings. The number of nitrogens with one attached hydrogen (secondary N) is 1. The molecule has 16 heavy (non-hydrogen) atoms. The molecule has 1 unspecified atom stereocenters. The van der Waals surface area contributed by atoms with E-state index in [1.807, 2.05) is 17.6 Å². The van der Waals surface area contributed by atoms with Crippen LogP contribution in [0.3, 0.4) is 0 Å². The van der Waals surface area contributed by atoms with Gasteiger partial charge in [0.2, 0.25) is 0 Å². The number of thiazole rings is 1. The van der Waals surface area contributed by atoms with Crippen LogP contribution in [0.4, 0.5) is 5.82 Å². The summed E-state index contributed by atoms with van der Waals surface area (Å²) < 4.78 is 0.784. The van der Waals surface area contributed by atoms with E-state index in [0.29, 0.717) is 5.92 Å². The third kappa shape index (κ3) is 2.99. The number of hydrogen-bond donors (Lipinski definition) is 1. The molecule has 0 amide bonds. The summed E-state index contributed by atoms with van der Waals surface area (Å²) in [6.07, 6.45) is 3.36. The average molecular weight is 299 g/mol. The normalized spacial score (nSPS) is 12.4. The van der Waals surface area contributed by atoms with Crippen LogP contribution in [-0.4, -0.2) is 21.5 Å². The first-order chi connectivity index (χ1) is 7.75. The molecule has 0 spiro atoms. The molecule has 1 N–H and O–H groups in total. The quantitative estimate of drug-likeness (QED) is 0.882. The van der Waals surface area contributed by atoms with E-state index in [4.69, 9.17) is 0 Å². The third-order valence-electron chi connectivity index (χ3n) is 2.10. The molecule has 4 nitrogen and oxygen atoms in total. The maximum absolute atomic E-state index is 4.28. The summed E-state index contributed by atoms with van der Waals surface area (Å²) in [4.78, 5) is 12.4. The lowest BCUT2D eigenvalue weighted by Gasteiger charge is -2.10. The van der Waals surface area contributed by atoms with Gasteiger partial charge in [-0.05, 0) is 15.9 Å². The third-order valence-corrected chi connectivity index (χ3v) is 3.54. The second kappa shape index (κ2) is 5.36. The fourth-order valence-corrected chi connectivity index (χ4v) is 2.26. The van der Waals surface area contributed by atoms with Crippen LogP contribution in [0.2, 0.25) is 0 Å². The van der Waals surface area contributed by atoms with E-state index in [0.717, 1.165) is 22.0 Å². The molecule has 2 rings (SSSR count). The molecule has 84 valence electrons. The molecule has 0 radical (unpaired) electrons. The lowest BCUT2D eigenvalue weighted by Crippen LogP contribution is -2.10. The summed E-state index contributed by atoms with van der Waals surface area (Å²) in [5, 5.41) is 6.39. The van der Waals surface area contributed by atoms with Gasteiger partial charge in [-0.15, -0.1) is 11.3 Å². The minimum absolute atomic E-state index is 0.383. The summed E-state index contributed by atoms with van der Waals surface area (Å²) in [6, 6.07) is 1.86. The zero-order chi connectivity index (χ0) is 11.4. The molecule has 0 bridgehead atoms. The summed E-state index contributed by atoms with van der Waals surface area (Å²) >= 11 is 4.98. The van der Waals surface area contributed by atoms with Gasteiger partial charge in [-0.1, -0.05) is 6.92 Å². The van der Waals surface area contributed by atoms with E-state index >= 15 is 0 Å². The predicted molar refractivity (Wildman–Crippen MR) is 68.8 cm³/mol. The molecule has 6 heteroatoms. The van der Waals surface area contributed by atoms with Crippen molar-refractivity contribution < 1.29 is 0 Å². The Labute approximate surface area is 106 Å². The van der Waals surface area contributed by atoms with Gasteiger partial charge < -0.3 is 5.32 Å². The highest BCUT2D eigenvalue weighted by Gasteiger charge is 2.07. The minimum Gasteiger partial charge on any atom is -0.369 e. The Kier molecular flexibility index (Phi) is 3.84. The van der Waals surface area contributed by atoms with E-state index < -0.39 is 0 Å². The maximum atomic E-state index is 4.28. The highest BCUT2D eigenvalue weighted by Crippen LogP contribution is 2.18. The fourth-order valence-electron chi connectivity index (χ4n) is 1.25. The summed E-state index contributed by atoms with van der Waals surface area (Å²) in [5.41, 5.74) is 0. The smallest absolute Gasteiger partial charge is 0.130 e. The first-order valence-corrected chi connectivity index (χ1v) is 6.54. The molecular formula is C10H11BrN4S. The first kappa shape index (κ1) is 11.5. The van der Waals surface area contributed by atoms with Crippen molar-refractivity contribution in [3.05, 3.63) is 33.6 Å². The zero-order valence-corrected chi connectivity index (χ0v) is 11.1. The van der Waals surface area contributed by atoms with Crippen LogP contribution in [-0.2, 0) is 0 Å². The maximum Gasteiger partial charge on any atom is 0.130 e. The predicted octanol–water partition coefficient (Wildman–Crippen LogP) is 2.91.